The molecule has 0 aliphatic carbocycles. The fourth-order valence-corrected chi connectivity index (χ4v) is 3.51. The number of nitrogens with zero attached hydrogens (tertiary/aromatic N) is 2. The summed E-state index contributed by atoms with van der Waals surface area (Å²) in [6, 6.07) is 4.29. The summed E-state index contributed by atoms with van der Waals surface area (Å²) in [5, 5.41) is 3.39. The fraction of sp³-hybridized carbons (Fsp3) is 0.600. The van der Waals surface area contributed by atoms with Crippen molar-refractivity contribution in [1.82, 2.24) is 15.2 Å². The van der Waals surface area contributed by atoms with Gasteiger partial charge in [0.2, 0.25) is 5.91 Å². The number of piperidine rings is 1. The van der Waals surface area contributed by atoms with Crippen molar-refractivity contribution in [3.05, 3.63) is 30.1 Å². The Morgan fingerprint density at radius 1 is 1.58 bits per heavy atom. The maximum atomic E-state index is 12.8. The van der Waals surface area contributed by atoms with Crippen LogP contribution in [0.25, 0.3) is 0 Å². The monoisotopic (exact) mass is 259 g/mol. The zero-order valence-electron chi connectivity index (χ0n) is 11.4. The second-order valence-electron chi connectivity index (χ2n) is 5.91. The van der Waals surface area contributed by atoms with Crippen LogP contribution in [-0.2, 0) is 11.3 Å². The van der Waals surface area contributed by atoms with Crippen LogP contribution >= 0.6 is 0 Å². The molecule has 0 aromatic carbocycles. The third-order valence-corrected chi connectivity index (χ3v) is 4.48. The number of hydrogen-bond donors (Lipinski definition) is 1. The summed E-state index contributed by atoms with van der Waals surface area (Å²) >= 11 is 0. The highest BCUT2D eigenvalue weighted by Crippen LogP contribution is 2.41. The van der Waals surface area contributed by atoms with E-state index >= 15 is 0 Å². The molecule has 1 aromatic heterocycles. The largest absolute Gasteiger partial charge is 0.335 e. The number of amides is 1. The molecule has 1 aromatic rings. The van der Waals surface area contributed by atoms with Crippen LogP contribution in [0.4, 0.5) is 0 Å². The molecule has 2 atom stereocenters. The van der Waals surface area contributed by atoms with Crippen LogP contribution in [0, 0.1) is 5.41 Å². The fourth-order valence-electron chi connectivity index (χ4n) is 3.51. The van der Waals surface area contributed by atoms with E-state index in [-0.39, 0.29) is 5.41 Å². The van der Waals surface area contributed by atoms with Gasteiger partial charge in [0.15, 0.2) is 0 Å². The Bertz CT molecular complexity index is 454. The highest BCUT2D eigenvalue weighted by Gasteiger charge is 2.50. The number of nitrogens with one attached hydrogen (secondary N) is 1. The number of carbonyl (C=O) groups excluding carboxylic acids is 1. The molecule has 2 saturated heterocycles. The van der Waals surface area contributed by atoms with Gasteiger partial charge < -0.3 is 10.2 Å². The molecule has 0 radical (unpaired) electrons. The van der Waals surface area contributed by atoms with Gasteiger partial charge >= 0.3 is 0 Å². The lowest BCUT2D eigenvalue weighted by Crippen LogP contribution is -2.45. The molecule has 19 heavy (non-hydrogen) atoms. The van der Waals surface area contributed by atoms with Crippen molar-refractivity contribution in [2.45, 2.75) is 38.8 Å². The maximum absolute atomic E-state index is 12.8. The number of pyridine rings is 1. The lowest BCUT2D eigenvalue weighted by Gasteiger charge is -2.32. The van der Waals surface area contributed by atoms with Crippen LogP contribution in [0.1, 0.15) is 31.7 Å². The molecule has 4 nitrogen and oxygen atoms in total. The standard InChI is InChI=1S/C15H21N3O/c1-12-8-15(5-3-7-17-11-15)14(19)18(12)10-13-4-2-6-16-9-13/h2,4,6,9,12,17H,3,5,7-8,10-11H2,1H3. The van der Waals surface area contributed by atoms with E-state index in [0.717, 1.165) is 37.9 Å². The molecule has 3 heterocycles. The van der Waals surface area contributed by atoms with Crippen LogP contribution in [0.2, 0.25) is 0 Å². The first-order valence-corrected chi connectivity index (χ1v) is 7.12. The third-order valence-electron chi connectivity index (χ3n) is 4.48. The highest BCUT2D eigenvalue weighted by molar-refractivity contribution is 5.85. The lowest BCUT2D eigenvalue weighted by molar-refractivity contribution is -0.138. The molecule has 102 valence electrons. The first-order valence-electron chi connectivity index (χ1n) is 7.12. The van der Waals surface area contributed by atoms with E-state index in [1.165, 1.54) is 0 Å². The SMILES string of the molecule is CC1CC2(CCCNC2)C(=O)N1Cc1cccnc1. The van der Waals surface area contributed by atoms with Gasteiger partial charge in [0.1, 0.15) is 0 Å². The molecular formula is C15H21N3O. The van der Waals surface area contributed by atoms with Crippen molar-refractivity contribution in [3.63, 3.8) is 0 Å². The van der Waals surface area contributed by atoms with Crippen molar-refractivity contribution >= 4 is 5.91 Å². The number of likely N-dealkylation sites (tertiary alicyclic amines) is 1. The minimum Gasteiger partial charge on any atom is -0.335 e. The van der Waals surface area contributed by atoms with Crippen LogP contribution in [0.15, 0.2) is 24.5 Å². The maximum Gasteiger partial charge on any atom is 0.230 e. The zero-order chi connectivity index (χ0) is 13.3. The smallest absolute Gasteiger partial charge is 0.230 e. The van der Waals surface area contributed by atoms with Crippen LogP contribution in [0.3, 0.4) is 0 Å². The molecule has 4 heteroatoms. The summed E-state index contributed by atoms with van der Waals surface area (Å²) in [6.07, 6.45) is 6.75. The molecule has 0 saturated carbocycles. The first-order chi connectivity index (χ1) is 9.21. The highest BCUT2D eigenvalue weighted by atomic mass is 16.2. The van der Waals surface area contributed by atoms with Gasteiger partial charge in [-0.1, -0.05) is 6.07 Å². The first kappa shape index (κ1) is 12.6. The Morgan fingerprint density at radius 3 is 3.16 bits per heavy atom. The van der Waals surface area contributed by atoms with Crippen molar-refractivity contribution in [3.8, 4) is 0 Å². The average molecular weight is 259 g/mol. The average Bonchev–Trinajstić information content (AvgIpc) is 2.66. The normalized spacial score (nSPS) is 31.1. The molecular weight excluding hydrogens is 238 g/mol. The summed E-state index contributed by atoms with van der Waals surface area (Å²) in [5.74, 6) is 0.330. The Labute approximate surface area is 114 Å². The van der Waals surface area contributed by atoms with Gasteiger partial charge in [-0.25, -0.2) is 0 Å². The number of aromatic nitrogens is 1. The topological polar surface area (TPSA) is 45.2 Å². The van der Waals surface area contributed by atoms with E-state index in [0.29, 0.717) is 18.5 Å². The molecule has 2 fully saturated rings. The van der Waals surface area contributed by atoms with Crippen molar-refractivity contribution < 1.29 is 4.79 Å². The van der Waals surface area contributed by atoms with Gasteiger partial charge in [0.05, 0.1) is 5.41 Å². The van der Waals surface area contributed by atoms with Gasteiger partial charge in [-0.3, -0.25) is 9.78 Å². The molecule has 0 bridgehead atoms. The summed E-state index contributed by atoms with van der Waals surface area (Å²) in [6.45, 7) is 4.75. The van der Waals surface area contributed by atoms with Crippen LogP contribution < -0.4 is 5.32 Å². The second kappa shape index (κ2) is 4.93. The van der Waals surface area contributed by atoms with Crippen LogP contribution in [-0.4, -0.2) is 34.9 Å². The molecule has 2 unspecified atom stereocenters. The third kappa shape index (κ3) is 2.25. The molecule has 2 aliphatic rings. The minimum absolute atomic E-state index is 0.139. The van der Waals surface area contributed by atoms with E-state index in [2.05, 4.69) is 17.2 Å². The van der Waals surface area contributed by atoms with Gasteiger partial charge in [0.25, 0.3) is 0 Å². The van der Waals surface area contributed by atoms with Gasteiger partial charge in [-0.05, 0) is 44.4 Å². The van der Waals surface area contributed by atoms with Crippen molar-refractivity contribution in [1.29, 1.82) is 0 Å². The molecule has 2 aliphatic heterocycles. The minimum atomic E-state index is -0.139. The van der Waals surface area contributed by atoms with E-state index < -0.39 is 0 Å². The molecule has 1 spiro atoms. The van der Waals surface area contributed by atoms with E-state index in [1.54, 1.807) is 6.20 Å². The van der Waals surface area contributed by atoms with E-state index in [9.17, 15) is 4.79 Å². The predicted octanol–water partition coefficient (Wildman–Crippen LogP) is 1.57. The Hall–Kier alpha value is -1.42. The van der Waals surface area contributed by atoms with Gasteiger partial charge in [0, 0.05) is 31.5 Å². The molecule has 1 amide bonds. The van der Waals surface area contributed by atoms with E-state index in [1.807, 2.05) is 23.2 Å². The lowest BCUT2D eigenvalue weighted by atomic mass is 9.78. The summed E-state index contributed by atoms with van der Waals surface area (Å²) < 4.78 is 0. The molecule has 1 N–H and O–H groups in total. The summed E-state index contributed by atoms with van der Waals surface area (Å²) in [7, 11) is 0. The van der Waals surface area contributed by atoms with Crippen molar-refractivity contribution in [2.75, 3.05) is 13.1 Å². The zero-order valence-corrected chi connectivity index (χ0v) is 11.4. The number of hydrogen-bond acceptors (Lipinski definition) is 3. The Morgan fingerprint density at radius 2 is 2.47 bits per heavy atom. The number of carbonyl (C=O) groups is 1. The van der Waals surface area contributed by atoms with Crippen LogP contribution in [0.5, 0.6) is 0 Å². The van der Waals surface area contributed by atoms with Gasteiger partial charge in [-0.15, -0.1) is 0 Å². The quantitative estimate of drug-likeness (QED) is 0.877. The molecule has 3 rings (SSSR count). The van der Waals surface area contributed by atoms with Gasteiger partial charge in [-0.2, -0.15) is 0 Å². The second-order valence-corrected chi connectivity index (χ2v) is 5.91. The summed E-state index contributed by atoms with van der Waals surface area (Å²) in [4.78, 5) is 18.9. The van der Waals surface area contributed by atoms with E-state index in [4.69, 9.17) is 0 Å². The predicted molar refractivity (Wildman–Crippen MR) is 73.4 cm³/mol. The Kier molecular flexibility index (Phi) is 3.27. The Balaban J connectivity index is 1.77. The number of rotatable bonds is 2. The van der Waals surface area contributed by atoms with Crippen molar-refractivity contribution in [2.24, 2.45) is 5.41 Å². The summed E-state index contributed by atoms with van der Waals surface area (Å²) in [5.41, 5.74) is 0.975.